The Labute approximate surface area is 106 Å². The average Bonchev–Trinajstić information content (AvgIpc) is 2.28. The molecule has 0 aliphatic heterocycles. The summed E-state index contributed by atoms with van der Waals surface area (Å²) < 4.78 is 32.7. The van der Waals surface area contributed by atoms with E-state index in [9.17, 15) is 8.78 Å². The van der Waals surface area contributed by atoms with E-state index in [1.165, 1.54) is 18.2 Å². The van der Waals surface area contributed by atoms with Crippen LogP contribution in [-0.4, -0.2) is 18.2 Å². The van der Waals surface area contributed by atoms with Crippen molar-refractivity contribution in [3.05, 3.63) is 35.4 Å². The summed E-state index contributed by atoms with van der Waals surface area (Å²) in [6, 6.07) is 3.43. The van der Waals surface area contributed by atoms with Gasteiger partial charge in [-0.05, 0) is 39.3 Å². The Bertz CT molecular complexity index is 376. The summed E-state index contributed by atoms with van der Waals surface area (Å²) in [5, 5.41) is 0. The van der Waals surface area contributed by atoms with Gasteiger partial charge in [-0.25, -0.2) is 8.78 Å². The Hall–Kier alpha value is -1.04. The molecule has 1 aromatic rings. The second kappa shape index (κ2) is 6.22. The van der Waals surface area contributed by atoms with Gasteiger partial charge in [-0.15, -0.1) is 0 Å². The van der Waals surface area contributed by atoms with E-state index in [-0.39, 0.29) is 18.0 Å². The Morgan fingerprint density at radius 1 is 1.33 bits per heavy atom. The van der Waals surface area contributed by atoms with Gasteiger partial charge in [-0.3, -0.25) is 11.3 Å². The largest absolute Gasteiger partial charge is 0.374 e. The predicted molar refractivity (Wildman–Crippen MR) is 66.9 cm³/mol. The molecule has 18 heavy (non-hydrogen) atoms. The molecule has 3 N–H and O–H groups in total. The van der Waals surface area contributed by atoms with Crippen molar-refractivity contribution in [2.45, 2.75) is 38.8 Å². The summed E-state index contributed by atoms with van der Waals surface area (Å²) in [5.74, 6) is 4.33. The summed E-state index contributed by atoms with van der Waals surface area (Å²) >= 11 is 0. The highest BCUT2D eigenvalue weighted by Gasteiger charge is 2.30. The third-order valence-corrected chi connectivity index (χ3v) is 3.03. The molecule has 0 aliphatic rings. The maximum absolute atomic E-state index is 13.6. The van der Waals surface area contributed by atoms with E-state index in [4.69, 9.17) is 10.6 Å². The first-order valence-corrected chi connectivity index (χ1v) is 5.95. The van der Waals surface area contributed by atoms with Crippen LogP contribution in [0, 0.1) is 11.6 Å². The van der Waals surface area contributed by atoms with E-state index in [2.05, 4.69) is 5.43 Å². The molecule has 0 aliphatic carbocycles. The summed E-state index contributed by atoms with van der Waals surface area (Å²) in [5.41, 5.74) is 1.98. The average molecular weight is 258 g/mol. The second-order valence-electron chi connectivity index (χ2n) is 4.66. The minimum Gasteiger partial charge on any atom is -0.374 e. The molecule has 1 aromatic carbocycles. The molecule has 1 atom stereocenters. The molecule has 0 aromatic heterocycles. The molecule has 3 nitrogen and oxygen atoms in total. The van der Waals surface area contributed by atoms with E-state index in [1.54, 1.807) is 0 Å². The molecule has 1 unspecified atom stereocenters. The van der Waals surface area contributed by atoms with Gasteiger partial charge in [0.2, 0.25) is 0 Å². The number of halogens is 2. The van der Waals surface area contributed by atoms with Crippen molar-refractivity contribution in [1.29, 1.82) is 0 Å². The standard InChI is InChI=1S/C13H20F2N2O/c1-4-18-13(2,3)12(17-16)8-9-10(14)6-5-7-11(9)15/h5-7,12,17H,4,8,16H2,1-3H3. The molecule has 0 saturated heterocycles. The lowest BCUT2D eigenvalue weighted by Gasteiger charge is -2.33. The highest BCUT2D eigenvalue weighted by molar-refractivity contribution is 5.21. The number of nitrogens with one attached hydrogen (secondary N) is 1. The molecular weight excluding hydrogens is 238 g/mol. The van der Waals surface area contributed by atoms with Crippen LogP contribution >= 0.6 is 0 Å². The fraction of sp³-hybridized carbons (Fsp3) is 0.538. The molecule has 102 valence electrons. The number of rotatable bonds is 6. The van der Waals surface area contributed by atoms with E-state index < -0.39 is 17.2 Å². The van der Waals surface area contributed by atoms with Crippen molar-refractivity contribution in [2.24, 2.45) is 5.84 Å². The number of hydrogen-bond acceptors (Lipinski definition) is 3. The zero-order chi connectivity index (χ0) is 13.8. The summed E-state index contributed by atoms with van der Waals surface area (Å²) in [6.45, 7) is 6.03. The molecule has 0 amide bonds. The molecule has 0 bridgehead atoms. The number of benzene rings is 1. The van der Waals surface area contributed by atoms with Crippen LogP contribution in [0.15, 0.2) is 18.2 Å². The Balaban J connectivity index is 2.93. The van der Waals surface area contributed by atoms with Crippen molar-refractivity contribution in [1.82, 2.24) is 5.43 Å². The zero-order valence-electron chi connectivity index (χ0n) is 11.0. The fourth-order valence-corrected chi connectivity index (χ4v) is 1.91. The van der Waals surface area contributed by atoms with Gasteiger partial charge in [0.15, 0.2) is 0 Å². The van der Waals surface area contributed by atoms with E-state index in [0.29, 0.717) is 6.61 Å². The van der Waals surface area contributed by atoms with Crippen molar-refractivity contribution >= 4 is 0 Å². The summed E-state index contributed by atoms with van der Waals surface area (Å²) in [7, 11) is 0. The van der Waals surface area contributed by atoms with Gasteiger partial charge in [0.1, 0.15) is 11.6 Å². The third kappa shape index (κ3) is 3.48. The second-order valence-corrected chi connectivity index (χ2v) is 4.66. The summed E-state index contributed by atoms with van der Waals surface area (Å²) in [6.07, 6.45) is 0.127. The monoisotopic (exact) mass is 258 g/mol. The predicted octanol–water partition coefficient (Wildman–Crippen LogP) is 2.15. The lowest BCUT2D eigenvalue weighted by Crippen LogP contribution is -2.53. The third-order valence-electron chi connectivity index (χ3n) is 3.03. The van der Waals surface area contributed by atoms with E-state index >= 15 is 0 Å². The van der Waals surface area contributed by atoms with Crippen LogP contribution in [0.2, 0.25) is 0 Å². The lowest BCUT2D eigenvalue weighted by atomic mass is 9.92. The van der Waals surface area contributed by atoms with Crippen molar-refractivity contribution in [3.8, 4) is 0 Å². The fourth-order valence-electron chi connectivity index (χ4n) is 1.91. The van der Waals surface area contributed by atoms with Crippen LogP contribution in [0.3, 0.4) is 0 Å². The van der Waals surface area contributed by atoms with Crippen LogP contribution in [-0.2, 0) is 11.2 Å². The van der Waals surface area contributed by atoms with Crippen molar-refractivity contribution in [2.75, 3.05) is 6.61 Å². The number of nitrogens with two attached hydrogens (primary N) is 1. The summed E-state index contributed by atoms with van der Waals surface area (Å²) in [4.78, 5) is 0. The van der Waals surface area contributed by atoms with Crippen molar-refractivity contribution < 1.29 is 13.5 Å². The lowest BCUT2D eigenvalue weighted by molar-refractivity contribution is -0.0383. The first kappa shape index (κ1) is 15.0. The van der Waals surface area contributed by atoms with Gasteiger partial charge in [0.25, 0.3) is 0 Å². The Kier molecular flexibility index (Phi) is 5.19. The van der Waals surface area contributed by atoms with Gasteiger partial charge in [-0.2, -0.15) is 0 Å². The molecule has 0 saturated carbocycles. The van der Waals surface area contributed by atoms with Crippen LogP contribution < -0.4 is 11.3 Å². The number of ether oxygens (including phenoxy) is 1. The first-order chi connectivity index (χ1) is 8.42. The quantitative estimate of drug-likeness (QED) is 0.607. The molecule has 5 heteroatoms. The van der Waals surface area contributed by atoms with Gasteiger partial charge in [-0.1, -0.05) is 6.07 Å². The smallest absolute Gasteiger partial charge is 0.129 e. The van der Waals surface area contributed by atoms with Gasteiger partial charge in [0, 0.05) is 12.2 Å². The van der Waals surface area contributed by atoms with E-state index in [1.807, 2.05) is 20.8 Å². The van der Waals surface area contributed by atoms with E-state index in [0.717, 1.165) is 0 Å². The van der Waals surface area contributed by atoms with Crippen LogP contribution in [0.1, 0.15) is 26.3 Å². The van der Waals surface area contributed by atoms with Crippen LogP contribution in [0.4, 0.5) is 8.78 Å². The molecule has 0 spiro atoms. The van der Waals surface area contributed by atoms with Gasteiger partial charge < -0.3 is 4.74 Å². The minimum atomic E-state index is -0.613. The highest BCUT2D eigenvalue weighted by atomic mass is 19.1. The topological polar surface area (TPSA) is 47.3 Å². The molecule has 0 heterocycles. The number of hydrazine groups is 1. The minimum absolute atomic E-state index is 0.0215. The van der Waals surface area contributed by atoms with Crippen LogP contribution in [0.5, 0.6) is 0 Å². The van der Waals surface area contributed by atoms with Crippen LogP contribution in [0.25, 0.3) is 0 Å². The Morgan fingerprint density at radius 3 is 2.33 bits per heavy atom. The van der Waals surface area contributed by atoms with Crippen molar-refractivity contribution in [3.63, 3.8) is 0 Å². The molecular formula is C13H20F2N2O. The molecule has 0 fully saturated rings. The number of hydrogen-bond donors (Lipinski definition) is 2. The maximum atomic E-state index is 13.6. The first-order valence-electron chi connectivity index (χ1n) is 5.95. The SMILES string of the molecule is CCOC(C)(C)C(Cc1c(F)cccc1F)NN. The normalized spacial score (nSPS) is 13.7. The maximum Gasteiger partial charge on any atom is 0.129 e. The van der Waals surface area contributed by atoms with Gasteiger partial charge in [0.05, 0.1) is 11.6 Å². The highest BCUT2D eigenvalue weighted by Crippen LogP contribution is 2.21. The Morgan fingerprint density at radius 2 is 1.89 bits per heavy atom. The molecule has 0 radical (unpaired) electrons. The zero-order valence-corrected chi connectivity index (χ0v) is 11.0. The van der Waals surface area contributed by atoms with Gasteiger partial charge >= 0.3 is 0 Å². The molecule has 1 rings (SSSR count).